The van der Waals surface area contributed by atoms with Gasteiger partial charge >= 0.3 is 5.97 Å². The minimum absolute atomic E-state index is 0.0326. The lowest BCUT2D eigenvalue weighted by molar-refractivity contribution is -0.149. The first-order chi connectivity index (χ1) is 12.0. The molecule has 1 fully saturated rings. The topological polar surface area (TPSA) is 83.5 Å². The van der Waals surface area contributed by atoms with Crippen LogP contribution in [0.5, 0.6) is 0 Å². The predicted molar refractivity (Wildman–Crippen MR) is 98.9 cm³/mol. The van der Waals surface area contributed by atoms with Gasteiger partial charge in [0.15, 0.2) is 5.78 Å². The second-order valence-corrected chi connectivity index (χ2v) is 7.55. The van der Waals surface area contributed by atoms with Crippen molar-refractivity contribution in [1.82, 2.24) is 5.32 Å². The molecule has 6 heteroatoms. The lowest BCUT2D eigenvalue weighted by Gasteiger charge is -2.37. The van der Waals surface area contributed by atoms with Gasteiger partial charge < -0.3 is 10.4 Å². The second kappa shape index (κ2) is 9.04. The van der Waals surface area contributed by atoms with Crippen molar-refractivity contribution in [2.75, 3.05) is 11.5 Å². The number of thioether (sulfide) groups is 1. The number of amides is 1. The number of hydrogen-bond donors (Lipinski definition) is 2. The van der Waals surface area contributed by atoms with E-state index in [-0.39, 0.29) is 23.2 Å². The highest BCUT2D eigenvalue weighted by Gasteiger charge is 2.42. The van der Waals surface area contributed by atoms with E-state index in [4.69, 9.17) is 0 Å². The van der Waals surface area contributed by atoms with Crippen molar-refractivity contribution in [3.8, 4) is 0 Å². The van der Waals surface area contributed by atoms with E-state index < -0.39 is 11.5 Å². The van der Waals surface area contributed by atoms with Crippen LogP contribution >= 0.6 is 11.8 Å². The highest BCUT2D eigenvalue weighted by atomic mass is 32.2. The molecule has 0 spiro atoms. The highest BCUT2D eigenvalue weighted by Crippen LogP contribution is 2.34. The molecule has 0 aliphatic heterocycles. The summed E-state index contributed by atoms with van der Waals surface area (Å²) in [5, 5.41) is 12.3. The van der Waals surface area contributed by atoms with Gasteiger partial charge in [-0.3, -0.25) is 9.59 Å². The average Bonchev–Trinajstić information content (AvgIpc) is 2.62. The van der Waals surface area contributed by atoms with Crippen molar-refractivity contribution in [2.45, 2.75) is 44.6 Å². The van der Waals surface area contributed by atoms with Gasteiger partial charge in [-0.15, -0.1) is 11.8 Å². The molecule has 1 saturated carbocycles. The predicted octanol–water partition coefficient (Wildman–Crippen LogP) is 3.14. The number of nitrogens with one attached hydrogen (secondary N) is 1. The Morgan fingerprint density at radius 1 is 1.16 bits per heavy atom. The second-order valence-electron chi connectivity index (χ2n) is 6.57. The number of benzene rings is 1. The van der Waals surface area contributed by atoms with Crippen LogP contribution in [-0.2, 0) is 9.59 Å². The summed E-state index contributed by atoms with van der Waals surface area (Å²) in [5.74, 6) is -0.471. The van der Waals surface area contributed by atoms with E-state index >= 15 is 0 Å². The highest BCUT2D eigenvalue weighted by molar-refractivity contribution is 8.00. The van der Waals surface area contributed by atoms with Crippen LogP contribution < -0.4 is 5.32 Å². The fraction of sp³-hybridized carbons (Fsp3) is 0.526. The Balaban J connectivity index is 1.82. The molecule has 0 radical (unpaired) electrons. The maximum Gasteiger partial charge on any atom is 0.329 e. The van der Waals surface area contributed by atoms with Gasteiger partial charge in [-0.05, 0) is 31.6 Å². The Morgan fingerprint density at radius 3 is 2.36 bits per heavy atom. The maximum absolute atomic E-state index is 12.2. The van der Waals surface area contributed by atoms with Gasteiger partial charge in [0.25, 0.3) is 0 Å². The number of carbonyl (C=O) groups excluding carboxylic acids is 2. The lowest BCUT2D eigenvalue weighted by Crippen LogP contribution is -2.56. The van der Waals surface area contributed by atoms with Gasteiger partial charge in [-0.1, -0.05) is 43.7 Å². The molecule has 0 unspecified atom stereocenters. The van der Waals surface area contributed by atoms with E-state index in [0.717, 1.165) is 19.3 Å². The number of ketones is 1. The zero-order chi connectivity index (χ0) is 18.3. The molecule has 1 aromatic carbocycles. The zero-order valence-corrected chi connectivity index (χ0v) is 15.3. The Morgan fingerprint density at radius 2 is 1.80 bits per heavy atom. The van der Waals surface area contributed by atoms with Crippen LogP contribution in [0.15, 0.2) is 30.3 Å². The van der Waals surface area contributed by atoms with Crippen LogP contribution in [-0.4, -0.2) is 39.8 Å². The summed E-state index contributed by atoms with van der Waals surface area (Å²) in [6, 6.07) is 8.93. The average molecular weight is 363 g/mol. The molecule has 1 aromatic rings. The van der Waals surface area contributed by atoms with Crippen LogP contribution in [0.3, 0.4) is 0 Å². The third-order valence-electron chi connectivity index (χ3n) is 4.89. The largest absolute Gasteiger partial charge is 0.480 e. The Kier molecular flexibility index (Phi) is 7.05. The summed E-state index contributed by atoms with van der Waals surface area (Å²) in [6.45, 7) is 2.11. The molecular formula is C19H25NO4S. The molecule has 0 bridgehead atoms. The number of rotatable bonds is 8. The van der Waals surface area contributed by atoms with Gasteiger partial charge in [0.1, 0.15) is 5.54 Å². The molecule has 1 amide bonds. The van der Waals surface area contributed by atoms with Crippen molar-refractivity contribution in [2.24, 2.45) is 5.92 Å². The summed E-state index contributed by atoms with van der Waals surface area (Å²) < 4.78 is 0. The maximum atomic E-state index is 12.2. The van der Waals surface area contributed by atoms with Crippen molar-refractivity contribution >= 4 is 29.4 Å². The van der Waals surface area contributed by atoms with Gasteiger partial charge in [0, 0.05) is 5.56 Å². The number of carboxylic acids is 1. The molecule has 0 heterocycles. The molecule has 5 nitrogen and oxygen atoms in total. The normalized spacial score (nSPS) is 23.0. The lowest BCUT2D eigenvalue weighted by atomic mass is 9.75. The van der Waals surface area contributed by atoms with E-state index in [9.17, 15) is 19.5 Å². The Bertz CT molecular complexity index is 609. The minimum Gasteiger partial charge on any atom is -0.480 e. The monoisotopic (exact) mass is 363 g/mol. The first-order valence-corrected chi connectivity index (χ1v) is 9.82. The standard InChI is InChI=1S/C19H25NO4S/c1-2-14-8-10-19(11-9-14,18(23)24)20-17(22)13-25-12-16(21)15-6-4-3-5-7-15/h3-7,14H,2,8-13H2,1H3,(H,20,22)(H,23,24). The Labute approximate surface area is 152 Å². The van der Waals surface area contributed by atoms with E-state index in [1.54, 1.807) is 24.3 Å². The summed E-state index contributed by atoms with van der Waals surface area (Å²) in [5.41, 5.74) is -0.525. The fourth-order valence-electron chi connectivity index (χ4n) is 3.22. The van der Waals surface area contributed by atoms with Crippen LogP contribution in [0.25, 0.3) is 0 Å². The molecular weight excluding hydrogens is 338 g/mol. The summed E-state index contributed by atoms with van der Waals surface area (Å²) in [4.78, 5) is 35.9. The molecule has 0 atom stereocenters. The van der Waals surface area contributed by atoms with Crippen LogP contribution in [0.4, 0.5) is 0 Å². The third-order valence-corrected chi connectivity index (χ3v) is 5.82. The molecule has 25 heavy (non-hydrogen) atoms. The fourth-order valence-corrected chi connectivity index (χ4v) is 3.93. The molecule has 1 aliphatic carbocycles. The summed E-state index contributed by atoms with van der Waals surface area (Å²) >= 11 is 1.21. The van der Waals surface area contributed by atoms with E-state index in [2.05, 4.69) is 12.2 Å². The number of Topliss-reactive ketones (excluding diaryl/α,β-unsaturated/α-hetero) is 1. The van der Waals surface area contributed by atoms with Crippen molar-refractivity contribution in [3.63, 3.8) is 0 Å². The number of carboxylic acid groups (broad SMARTS) is 1. The van der Waals surface area contributed by atoms with Gasteiger partial charge in [0.2, 0.25) is 5.91 Å². The molecule has 0 aromatic heterocycles. The molecule has 2 N–H and O–H groups in total. The third kappa shape index (κ3) is 5.33. The smallest absolute Gasteiger partial charge is 0.329 e. The van der Waals surface area contributed by atoms with Crippen molar-refractivity contribution in [1.29, 1.82) is 0 Å². The molecule has 136 valence electrons. The quantitative estimate of drug-likeness (QED) is 0.693. The first kappa shape index (κ1) is 19.5. The summed E-state index contributed by atoms with van der Waals surface area (Å²) in [6.07, 6.45) is 3.63. The van der Waals surface area contributed by atoms with Crippen LogP contribution in [0, 0.1) is 5.92 Å². The van der Waals surface area contributed by atoms with Crippen LogP contribution in [0.1, 0.15) is 49.4 Å². The minimum atomic E-state index is -1.15. The van der Waals surface area contributed by atoms with Gasteiger partial charge in [0.05, 0.1) is 11.5 Å². The van der Waals surface area contributed by atoms with Crippen molar-refractivity contribution in [3.05, 3.63) is 35.9 Å². The van der Waals surface area contributed by atoms with E-state index in [0.29, 0.717) is 24.3 Å². The van der Waals surface area contributed by atoms with Crippen molar-refractivity contribution < 1.29 is 19.5 Å². The number of carbonyl (C=O) groups is 3. The van der Waals surface area contributed by atoms with Gasteiger partial charge in [-0.25, -0.2) is 4.79 Å². The van der Waals surface area contributed by atoms with Crippen LogP contribution in [0.2, 0.25) is 0 Å². The molecule has 2 rings (SSSR count). The summed E-state index contributed by atoms with van der Waals surface area (Å²) in [7, 11) is 0. The first-order valence-electron chi connectivity index (χ1n) is 8.67. The van der Waals surface area contributed by atoms with Gasteiger partial charge in [-0.2, -0.15) is 0 Å². The number of hydrogen-bond acceptors (Lipinski definition) is 4. The molecule has 0 saturated heterocycles. The zero-order valence-electron chi connectivity index (χ0n) is 14.5. The van der Waals surface area contributed by atoms with E-state index in [1.807, 2.05) is 6.07 Å². The number of aliphatic carboxylic acids is 1. The SMILES string of the molecule is CCC1CCC(NC(=O)CSCC(=O)c2ccccc2)(C(=O)O)CC1. The molecule has 1 aliphatic rings. The van der Waals surface area contributed by atoms with E-state index in [1.165, 1.54) is 11.8 Å². The Hall–Kier alpha value is -1.82.